The van der Waals surface area contributed by atoms with Gasteiger partial charge >= 0.3 is 0 Å². The highest BCUT2D eigenvalue weighted by atomic mass is 16.2. The number of hydrogen-bond acceptors (Lipinski definition) is 2. The zero-order valence-corrected chi connectivity index (χ0v) is 11.3. The summed E-state index contributed by atoms with van der Waals surface area (Å²) in [5, 5.41) is 5.58. The van der Waals surface area contributed by atoms with Crippen molar-refractivity contribution >= 4 is 11.8 Å². The zero-order chi connectivity index (χ0) is 14.3. The predicted octanol–water partition coefficient (Wildman–Crippen LogP) is 0.392. The number of hydrogen-bond donors (Lipinski definition) is 2. The van der Waals surface area contributed by atoms with E-state index in [1.54, 1.807) is 0 Å². The van der Waals surface area contributed by atoms with Gasteiger partial charge in [-0.1, -0.05) is 0 Å². The lowest BCUT2D eigenvalue weighted by Crippen LogP contribution is -2.53. The summed E-state index contributed by atoms with van der Waals surface area (Å²) in [5.74, 6) is -0.393. The lowest BCUT2D eigenvalue weighted by Gasteiger charge is -2.30. The molecule has 6 heteroatoms. The number of carbonyl (C=O) groups excluding carboxylic acids is 2. The minimum Gasteiger partial charge on any atom is -0.352 e. The molecule has 3 heterocycles. The van der Waals surface area contributed by atoms with Crippen molar-refractivity contribution < 1.29 is 9.59 Å². The Morgan fingerprint density at radius 3 is 1.55 bits per heavy atom. The van der Waals surface area contributed by atoms with Crippen LogP contribution in [0.5, 0.6) is 0 Å². The molecule has 2 aromatic rings. The van der Waals surface area contributed by atoms with E-state index in [1.165, 1.54) is 0 Å². The molecule has 1 fully saturated rings. The fourth-order valence-electron chi connectivity index (χ4n) is 2.55. The van der Waals surface area contributed by atoms with Crippen molar-refractivity contribution in [3.63, 3.8) is 0 Å². The van der Waals surface area contributed by atoms with E-state index in [1.807, 2.05) is 59.9 Å². The third-order valence-corrected chi connectivity index (χ3v) is 3.66. The Labute approximate surface area is 116 Å². The topological polar surface area (TPSA) is 68.1 Å². The van der Waals surface area contributed by atoms with Gasteiger partial charge in [0.2, 0.25) is 11.8 Å². The summed E-state index contributed by atoms with van der Waals surface area (Å²) in [7, 11) is 3.69. The lowest BCUT2D eigenvalue weighted by atomic mass is 10.1. The van der Waals surface area contributed by atoms with Gasteiger partial charge in [0, 0.05) is 37.9 Å². The number of amides is 2. The quantitative estimate of drug-likeness (QED) is 0.830. The van der Waals surface area contributed by atoms with Gasteiger partial charge in [0.05, 0.1) is 0 Å². The fourth-order valence-corrected chi connectivity index (χ4v) is 2.55. The molecule has 0 spiro atoms. The SMILES string of the molecule is Cn1cccc1C1NC(=O)C(c2cccn2C)NC1=O. The first kappa shape index (κ1) is 12.5. The maximum atomic E-state index is 12.3. The maximum Gasteiger partial charge on any atom is 0.249 e. The standard InChI is InChI=1S/C14H16N4O2/c1-17-7-3-5-9(17)11-13(19)16-12(14(20)15-11)10-6-4-8-18(10)2/h3-8,11-12H,1-2H3,(H,15,20)(H,16,19). The number of rotatable bonds is 2. The van der Waals surface area contributed by atoms with Crippen molar-refractivity contribution in [2.45, 2.75) is 12.1 Å². The third kappa shape index (κ3) is 1.89. The van der Waals surface area contributed by atoms with Crippen LogP contribution in [-0.2, 0) is 23.7 Å². The van der Waals surface area contributed by atoms with Crippen molar-refractivity contribution in [3.05, 3.63) is 48.0 Å². The second-order valence-corrected chi connectivity index (χ2v) is 4.97. The summed E-state index contributed by atoms with van der Waals surface area (Å²) in [4.78, 5) is 24.5. The molecule has 2 atom stereocenters. The van der Waals surface area contributed by atoms with Gasteiger partial charge in [-0.2, -0.15) is 0 Å². The molecule has 0 aliphatic carbocycles. The van der Waals surface area contributed by atoms with E-state index in [9.17, 15) is 9.59 Å². The van der Waals surface area contributed by atoms with Gasteiger partial charge in [-0.15, -0.1) is 0 Å². The first-order valence-electron chi connectivity index (χ1n) is 6.41. The van der Waals surface area contributed by atoms with E-state index in [0.717, 1.165) is 11.4 Å². The molecule has 0 radical (unpaired) electrons. The summed E-state index contributed by atoms with van der Waals surface area (Å²) in [6.07, 6.45) is 3.69. The molecule has 0 saturated carbocycles. The Morgan fingerprint density at radius 1 is 0.850 bits per heavy atom. The van der Waals surface area contributed by atoms with Crippen molar-refractivity contribution in [1.29, 1.82) is 0 Å². The molecule has 1 aliphatic heterocycles. The number of piperazine rings is 1. The number of aromatic nitrogens is 2. The predicted molar refractivity (Wildman–Crippen MR) is 72.6 cm³/mol. The normalized spacial score (nSPS) is 22.5. The molecule has 2 aromatic heterocycles. The molecular weight excluding hydrogens is 256 g/mol. The Morgan fingerprint density at radius 2 is 1.25 bits per heavy atom. The van der Waals surface area contributed by atoms with E-state index in [2.05, 4.69) is 10.6 Å². The first-order valence-corrected chi connectivity index (χ1v) is 6.41. The van der Waals surface area contributed by atoms with Gasteiger partial charge in [-0.3, -0.25) is 9.59 Å². The Bertz CT molecular complexity index is 612. The second-order valence-electron chi connectivity index (χ2n) is 4.97. The molecule has 0 bridgehead atoms. The molecule has 6 nitrogen and oxygen atoms in total. The minimum atomic E-state index is -0.640. The monoisotopic (exact) mass is 272 g/mol. The molecule has 2 amide bonds. The van der Waals surface area contributed by atoms with Crippen molar-refractivity contribution in [3.8, 4) is 0 Å². The van der Waals surface area contributed by atoms with E-state index < -0.39 is 12.1 Å². The van der Waals surface area contributed by atoms with Crippen LogP contribution in [0.15, 0.2) is 36.7 Å². The average molecular weight is 272 g/mol. The van der Waals surface area contributed by atoms with Crippen molar-refractivity contribution in [2.75, 3.05) is 0 Å². The fraction of sp³-hybridized carbons (Fsp3) is 0.286. The summed E-state index contributed by atoms with van der Waals surface area (Å²) < 4.78 is 3.65. The summed E-state index contributed by atoms with van der Waals surface area (Å²) in [5.41, 5.74) is 1.53. The second kappa shape index (κ2) is 4.56. The van der Waals surface area contributed by atoms with Gasteiger partial charge in [-0.25, -0.2) is 0 Å². The van der Waals surface area contributed by atoms with E-state index in [-0.39, 0.29) is 11.8 Å². The Hall–Kier alpha value is -2.50. The van der Waals surface area contributed by atoms with Gasteiger partial charge in [0.1, 0.15) is 12.1 Å². The molecule has 2 unspecified atom stereocenters. The van der Waals surface area contributed by atoms with E-state index >= 15 is 0 Å². The van der Waals surface area contributed by atoms with Crippen LogP contribution in [0.4, 0.5) is 0 Å². The largest absolute Gasteiger partial charge is 0.352 e. The third-order valence-electron chi connectivity index (χ3n) is 3.66. The molecular formula is C14H16N4O2. The summed E-state index contributed by atoms with van der Waals surface area (Å²) >= 11 is 0. The zero-order valence-electron chi connectivity index (χ0n) is 11.3. The number of nitrogens with one attached hydrogen (secondary N) is 2. The molecule has 2 N–H and O–H groups in total. The van der Waals surface area contributed by atoms with Crippen LogP contribution in [0.3, 0.4) is 0 Å². The lowest BCUT2D eigenvalue weighted by molar-refractivity contribution is -0.137. The van der Waals surface area contributed by atoms with Crippen molar-refractivity contribution in [1.82, 2.24) is 19.8 Å². The van der Waals surface area contributed by atoms with Crippen LogP contribution in [0, 0.1) is 0 Å². The highest BCUT2D eigenvalue weighted by Crippen LogP contribution is 2.23. The number of nitrogens with zero attached hydrogens (tertiary/aromatic N) is 2. The van der Waals surface area contributed by atoms with Crippen LogP contribution in [0.25, 0.3) is 0 Å². The van der Waals surface area contributed by atoms with E-state index in [0.29, 0.717) is 0 Å². The van der Waals surface area contributed by atoms with Crippen molar-refractivity contribution in [2.24, 2.45) is 14.1 Å². The van der Waals surface area contributed by atoms with Crippen LogP contribution in [0.1, 0.15) is 23.5 Å². The van der Waals surface area contributed by atoms with Gasteiger partial charge in [0.25, 0.3) is 0 Å². The summed E-state index contributed by atoms with van der Waals surface area (Å²) in [6.45, 7) is 0. The van der Waals surface area contributed by atoms with Gasteiger partial charge in [-0.05, 0) is 24.3 Å². The molecule has 1 aliphatic rings. The Balaban J connectivity index is 1.87. The van der Waals surface area contributed by atoms with Gasteiger partial charge in [0.15, 0.2) is 0 Å². The maximum absolute atomic E-state index is 12.3. The van der Waals surface area contributed by atoms with Crippen LogP contribution < -0.4 is 10.6 Å². The highest BCUT2D eigenvalue weighted by Gasteiger charge is 2.37. The van der Waals surface area contributed by atoms with Crippen LogP contribution in [-0.4, -0.2) is 20.9 Å². The van der Waals surface area contributed by atoms with Crippen LogP contribution >= 0.6 is 0 Å². The molecule has 1 saturated heterocycles. The molecule has 0 aromatic carbocycles. The highest BCUT2D eigenvalue weighted by molar-refractivity contribution is 5.97. The smallest absolute Gasteiger partial charge is 0.249 e. The Kier molecular flexibility index (Phi) is 2.85. The first-order chi connectivity index (χ1) is 9.58. The number of aryl methyl sites for hydroxylation is 2. The molecule has 3 rings (SSSR count). The minimum absolute atomic E-state index is 0.197. The van der Waals surface area contributed by atoms with Gasteiger partial charge < -0.3 is 19.8 Å². The van der Waals surface area contributed by atoms with E-state index in [4.69, 9.17) is 0 Å². The van der Waals surface area contributed by atoms with Crippen LogP contribution in [0.2, 0.25) is 0 Å². The number of carbonyl (C=O) groups is 2. The summed E-state index contributed by atoms with van der Waals surface area (Å²) in [6, 6.07) is 6.06. The molecule has 20 heavy (non-hydrogen) atoms. The molecule has 104 valence electrons. The average Bonchev–Trinajstić information content (AvgIpc) is 3.01.